The highest BCUT2D eigenvalue weighted by atomic mass is 32.1. The maximum Gasteiger partial charge on any atom is 0.0979 e. The largest absolute Gasteiger partial charge is 0.252 e. The van der Waals surface area contributed by atoms with Crippen molar-refractivity contribution >= 4 is 64.1 Å². The van der Waals surface area contributed by atoms with Crippen molar-refractivity contribution < 1.29 is 0 Å². The molecule has 2 aromatic heterocycles. The van der Waals surface area contributed by atoms with Gasteiger partial charge in [-0.2, -0.15) is 0 Å². The molecule has 0 amide bonds. The molecule has 0 atom stereocenters. The summed E-state index contributed by atoms with van der Waals surface area (Å²) in [6, 6.07) is 67.7. The van der Waals surface area contributed by atoms with Crippen LogP contribution in [-0.2, 0) is 0 Å². The molecule has 0 spiro atoms. The Balaban J connectivity index is 0.849. The Bertz CT molecular complexity index is 3200. The first-order valence-corrected chi connectivity index (χ1v) is 19.5. The number of aromatic nitrogens is 2. The van der Waals surface area contributed by atoms with Gasteiger partial charge < -0.3 is 0 Å². The second-order valence-electron chi connectivity index (χ2n) is 14.1. The van der Waals surface area contributed by atoms with Crippen molar-refractivity contribution in [1.29, 1.82) is 0 Å². The first-order valence-electron chi connectivity index (χ1n) is 18.6. The minimum absolute atomic E-state index is 0.873. The van der Waals surface area contributed by atoms with Gasteiger partial charge >= 0.3 is 0 Å². The number of hydrogen-bond donors (Lipinski definition) is 0. The van der Waals surface area contributed by atoms with Crippen LogP contribution >= 0.6 is 11.3 Å². The molecule has 11 rings (SSSR count). The van der Waals surface area contributed by atoms with Crippen molar-refractivity contribution in [3.05, 3.63) is 194 Å². The van der Waals surface area contributed by atoms with Gasteiger partial charge in [0.15, 0.2) is 0 Å². The third-order valence-corrected chi connectivity index (χ3v) is 12.2. The topological polar surface area (TPSA) is 25.8 Å². The smallest absolute Gasteiger partial charge is 0.0979 e. The second-order valence-corrected chi connectivity index (χ2v) is 15.2. The number of fused-ring (bicyclic) bond motifs is 9. The van der Waals surface area contributed by atoms with Crippen molar-refractivity contribution in [1.82, 2.24) is 9.97 Å². The molecular weight excluding hydrogens is 685 g/mol. The third kappa shape index (κ3) is 5.40. The fourth-order valence-electron chi connectivity index (χ4n) is 8.15. The predicted octanol–water partition coefficient (Wildman–Crippen LogP) is 14.6. The molecule has 0 saturated carbocycles. The fourth-order valence-corrected chi connectivity index (χ4v) is 9.38. The number of rotatable bonds is 5. The first kappa shape index (κ1) is 31.6. The molecular formula is C52H32N2S. The minimum Gasteiger partial charge on any atom is -0.252 e. The van der Waals surface area contributed by atoms with E-state index >= 15 is 0 Å². The summed E-state index contributed by atoms with van der Waals surface area (Å²) in [5.74, 6) is 0. The van der Waals surface area contributed by atoms with E-state index < -0.39 is 0 Å². The zero-order valence-electron chi connectivity index (χ0n) is 29.8. The van der Waals surface area contributed by atoms with Crippen LogP contribution in [0.3, 0.4) is 0 Å². The monoisotopic (exact) mass is 716 g/mol. The fraction of sp³-hybridized carbons (Fsp3) is 0. The Labute approximate surface area is 322 Å². The van der Waals surface area contributed by atoms with E-state index in [1.54, 1.807) is 0 Å². The van der Waals surface area contributed by atoms with Gasteiger partial charge in [0.05, 0.1) is 22.9 Å². The lowest BCUT2D eigenvalue weighted by atomic mass is 9.95. The van der Waals surface area contributed by atoms with Gasteiger partial charge in [0, 0.05) is 36.5 Å². The van der Waals surface area contributed by atoms with E-state index in [-0.39, 0.29) is 0 Å². The van der Waals surface area contributed by atoms with Crippen molar-refractivity contribution in [3.8, 4) is 55.8 Å². The third-order valence-electron chi connectivity index (χ3n) is 11.0. The first-order chi connectivity index (χ1) is 27.2. The molecule has 3 heteroatoms. The van der Waals surface area contributed by atoms with Gasteiger partial charge in [-0.3, -0.25) is 4.98 Å². The highest BCUT2D eigenvalue weighted by molar-refractivity contribution is 7.26. The van der Waals surface area contributed by atoms with Gasteiger partial charge in [0.2, 0.25) is 0 Å². The van der Waals surface area contributed by atoms with E-state index in [1.165, 1.54) is 75.5 Å². The highest BCUT2D eigenvalue weighted by Gasteiger charge is 2.13. The van der Waals surface area contributed by atoms with Gasteiger partial charge in [0.25, 0.3) is 0 Å². The molecule has 0 unspecified atom stereocenters. The molecule has 0 saturated heterocycles. The van der Waals surface area contributed by atoms with Crippen LogP contribution in [0, 0.1) is 0 Å². The molecule has 0 bridgehead atoms. The quantitative estimate of drug-likeness (QED) is 0.166. The summed E-state index contributed by atoms with van der Waals surface area (Å²) in [6.45, 7) is 0. The SMILES string of the molecule is c1cc(-c2ccc(-c3ccc(-c4cnc5c6ccccc6c6ccccc6c5n4)cc3)cc2)cc(-c2ccc(-c3cccc4c3sc3ccccc34)cc2)c1. The van der Waals surface area contributed by atoms with Crippen LogP contribution in [0.1, 0.15) is 0 Å². The molecule has 0 aliphatic carbocycles. The molecule has 0 fully saturated rings. The van der Waals surface area contributed by atoms with E-state index in [0.29, 0.717) is 0 Å². The maximum atomic E-state index is 5.17. The summed E-state index contributed by atoms with van der Waals surface area (Å²) >= 11 is 1.88. The standard InChI is InChI=1S/C52H32N2S/c1-3-14-45-42(11-1)43-12-2-4-15-46(43)51-50(45)53-32-48(54-51)38-29-25-34(26-30-38)33-19-21-35(22-20-33)39-9-7-10-40(31-39)36-23-27-37(28-24-36)41-16-8-17-47-44-13-5-6-18-49(44)55-52(41)47/h1-32H. The Morgan fingerprint density at radius 3 is 1.44 bits per heavy atom. The Kier molecular flexibility index (Phi) is 7.39. The Morgan fingerprint density at radius 1 is 0.327 bits per heavy atom. The molecule has 0 aliphatic rings. The maximum absolute atomic E-state index is 5.17. The lowest BCUT2D eigenvalue weighted by Gasteiger charge is -2.11. The van der Waals surface area contributed by atoms with Gasteiger partial charge in [-0.25, -0.2) is 4.98 Å². The number of thiophene rings is 1. The number of nitrogens with zero attached hydrogens (tertiary/aromatic N) is 2. The van der Waals surface area contributed by atoms with Gasteiger partial charge in [-0.15, -0.1) is 11.3 Å². The van der Waals surface area contributed by atoms with E-state index in [1.807, 2.05) is 17.5 Å². The van der Waals surface area contributed by atoms with Gasteiger partial charge in [0.1, 0.15) is 0 Å². The molecule has 55 heavy (non-hydrogen) atoms. The van der Waals surface area contributed by atoms with E-state index in [0.717, 1.165) is 33.1 Å². The molecule has 0 aliphatic heterocycles. The second kappa shape index (κ2) is 12.9. The van der Waals surface area contributed by atoms with Crippen molar-refractivity contribution in [2.75, 3.05) is 0 Å². The van der Waals surface area contributed by atoms with Crippen molar-refractivity contribution in [2.24, 2.45) is 0 Å². The van der Waals surface area contributed by atoms with Crippen molar-refractivity contribution in [2.45, 2.75) is 0 Å². The number of benzene rings is 9. The highest BCUT2D eigenvalue weighted by Crippen LogP contribution is 2.40. The molecule has 0 N–H and O–H groups in total. The lowest BCUT2D eigenvalue weighted by Crippen LogP contribution is -1.92. The minimum atomic E-state index is 0.873. The van der Waals surface area contributed by atoms with E-state index in [9.17, 15) is 0 Å². The molecule has 9 aromatic carbocycles. The normalized spacial score (nSPS) is 11.6. The van der Waals surface area contributed by atoms with E-state index in [4.69, 9.17) is 9.97 Å². The Hall–Kier alpha value is -6.94. The zero-order chi connectivity index (χ0) is 36.3. The number of hydrogen-bond acceptors (Lipinski definition) is 3. The van der Waals surface area contributed by atoms with Crippen LogP contribution in [0.15, 0.2) is 194 Å². The predicted molar refractivity (Wildman–Crippen MR) is 235 cm³/mol. The zero-order valence-corrected chi connectivity index (χ0v) is 30.6. The molecule has 256 valence electrons. The lowest BCUT2D eigenvalue weighted by molar-refractivity contribution is 1.31. The average molecular weight is 717 g/mol. The van der Waals surface area contributed by atoms with Gasteiger partial charge in [-0.05, 0) is 67.4 Å². The Morgan fingerprint density at radius 2 is 0.800 bits per heavy atom. The average Bonchev–Trinajstić information content (AvgIpc) is 3.66. The van der Waals surface area contributed by atoms with Crippen LogP contribution in [0.2, 0.25) is 0 Å². The van der Waals surface area contributed by atoms with Crippen LogP contribution < -0.4 is 0 Å². The summed E-state index contributed by atoms with van der Waals surface area (Å²) in [4.78, 5) is 10.1. The summed E-state index contributed by atoms with van der Waals surface area (Å²) in [5, 5.41) is 7.33. The molecule has 0 radical (unpaired) electrons. The summed E-state index contributed by atoms with van der Waals surface area (Å²) in [7, 11) is 0. The summed E-state index contributed by atoms with van der Waals surface area (Å²) in [5.41, 5.74) is 13.5. The van der Waals surface area contributed by atoms with Gasteiger partial charge in [-0.1, -0.05) is 176 Å². The summed E-state index contributed by atoms with van der Waals surface area (Å²) < 4.78 is 2.68. The van der Waals surface area contributed by atoms with Crippen LogP contribution in [0.5, 0.6) is 0 Å². The summed E-state index contributed by atoms with van der Waals surface area (Å²) in [6.07, 6.45) is 1.91. The molecule has 2 nitrogen and oxygen atoms in total. The van der Waals surface area contributed by atoms with Crippen LogP contribution in [0.25, 0.3) is 109 Å². The molecule has 2 heterocycles. The van der Waals surface area contributed by atoms with Crippen molar-refractivity contribution in [3.63, 3.8) is 0 Å². The molecule has 11 aromatic rings. The van der Waals surface area contributed by atoms with Crippen LogP contribution in [-0.4, -0.2) is 9.97 Å². The van der Waals surface area contributed by atoms with Crippen LogP contribution in [0.4, 0.5) is 0 Å². The van der Waals surface area contributed by atoms with E-state index in [2.05, 4.69) is 188 Å².